The maximum atomic E-state index is 12.9. The number of carbonyl (C=O) groups excluding carboxylic acids is 1. The Morgan fingerprint density at radius 2 is 1.35 bits per heavy atom. The molecular formula is C23H32N2O5S. The van der Waals surface area contributed by atoms with E-state index >= 15 is 0 Å². The van der Waals surface area contributed by atoms with E-state index in [1.54, 1.807) is 41.3 Å². The van der Waals surface area contributed by atoms with E-state index in [-0.39, 0.29) is 17.4 Å². The molecule has 0 aliphatic rings. The Morgan fingerprint density at radius 1 is 0.839 bits per heavy atom. The zero-order valence-corrected chi connectivity index (χ0v) is 19.5. The zero-order valence-electron chi connectivity index (χ0n) is 18.7. The second-order valence-corrected chi connectivity index (χ2v) is 9.01. The molecule has 0 fully saturated rings. The summed E-state index contributed by atoms with van der Waals surface area (Å²) in [5, 5.41) is 0. The number of sulfonamides is 1. The van der Waals surface area contributed by atoms with Crippen LogP contribution in [0.3, 0.4) is 0 Å². The van der Waals surface area contributed by atoms with Crippen LogP contribution in [0.2, 0.25) is 0 Å². The van der Waals surface area contributed by atoms with Gasteiger partial charge in [-0.3, -0.25) is 9.10 Å². The molecular weight excluding hydrogens is 416 g/mol. The van der Waals surface area contributed by atoms with Gasteiger partial charge in [-0.1, -0.05) is 13.8 Å². The Morgan fingerprint density at radius 3 is 1.87 bits per heavy atom. The molecule has 8 heteroatoms. The van der Waals surface area contributed by atoms with Crippen LogP contribution in [-0.4, -0.2) is 52.6 Å². The highest BCUT2D eigenvalue weighted by molar-refractivity contribution is 7.92. The van der Waals surface area contributed by atoms with E-state index in [9.17, 15) is 13.2 Å². The number of carbonyl (C=O) groups is 1. The first kappa shape index (κ1) is 24.5. The minimum Gasteiger partial charge on any atom is -0.494 e. The molecule has 0 aromatic heterocycles. The monoisotopic (exact) mass is 448 g/mol. The van der Waals surface area contributed by atoms with Crippen molar-refractivity contribution in [2.24, 2.45) is 0 Å². The molecule has 0 atom stereocenters. The summed E-state index contributed by atoms with van der Waals surface area (Å²) in [6.07, 6.45) is 1.80. The van der Waals surface area contributed by atoms with Crippen LogP contribution in [-0.2, 0) is 14.8 Å². The summed E-state index contributed by atoms with van der Waals surface area (Å²) in [7, 11) is -2.21. The fraction of sp³-hybridized carbons (Fsp3) is 0.435. The van der Waals surface area contributed by atoms with Crippen LogP contribution in [0, 0.1) is 0 Å². The summed E-state index contributed by atoms with van der Waals surface area (Å²) in [4.78, 5) is 14.3. The molecule has 0 unspecified atom stereocenters. The number of nitrogens with zero attached hydrogens (tertiary/aromatic N) is 2. The molecule has 1 amide bonds. The summed E-state index contributed by atoms with van der Waals surface area (Å²) in [6.45, 7) is 7.84. The highest BCUT2D eigenvalue weighted by Crippen LogP contribution is 2.25. The molecule has 2 aromatic rings. The summed E-state index contributed by atoms with van der Waals surface area (Å²) < 4.78 is 38.0. The van der Waals surface area contributed by atoms with Gasteiger partial charge < -0.3 is 14.4 Å². The number of hydrogen-bond donors (Lipinski definition) is 0. The van der Waals surface area contributed by atoms with Crippen molar-refractivity contribution in [3.63, 3.8) is 0 Å². The van der Waals surface area contributed by atoms with Gasteiger partial charge in [0.1, 0.15) is 11.5 Å². The fourth-order valence-corrected chi connectivity index (χ4v) is 4.26. The van der Waals surface area contributed by atoms with Gasteiger partial charge in [-0.15, -0.1) is 0 Å². The molecule has 170 valence electrons. The van der Waals surface area contributed by atoms with Crippen molar-refractivity contribution in [2.75, 3.05) is 37.7 Å². The van der Waals surface area contributed by atoms with Gasteiger partial charge in [-0.2, -0.15) is 0 Å². The second kappa shape index (κ2) is 11.6. The molecule has 0 bridgehead atoms. The molecule has 0 heterocycles. The SMILES string of the molecule is CCCN(CCC)C(=O)COc1ccc(N(C)S(=O)(=O)c2ccc(OCC)cc2)cc1. The van der Waals surface area contributed by atoms with Crippen molar-refractivity contribution in [3.05, 3.63) is 48.5 Å². The Labute approximate surface area is 185 Å². The van der Waals surface area contributed by atoms with E-state index in [1.807, 2.05) is 20.8 Å². The van der Waals surface area contributed by atoms with Crippen LogP contribution in [0.1, 0.15) is 33.6 Å². The maximum absolute atomic E-state index is 12.9. The molecule has 0 radical (unpaired) electrons. The van der Waals surface area contributed by atoms with Crippen molar-refractivity contribution in [3.8, 4) is 11.5 Å². The predicted octanol–water partition coefficient (Wildman–Crippen LogP) is 3.94. The molecule has 31 heavy (non-hydrogen) atoms. The summed E-state index contributed by atoms with van der Waals surface area (Å²) >= 11 is 0. The number of benzene rings is 2. The van der Waals surface area contributed by atoms with E-state index in [2.05, 4.69) is 0 Å². The molecule has 2 rings (SSSR count). The Kier molecular flexibility index (Phi) is 9.18. The molecule has 0 aliphatic carbocycles. The standard InChI is InChI=1S/C23H32N2O5S/c1-5-16-25(17-6-2)23(26)18-30-21-10-8-19(9-11-21)24(4)31(27,28)22-14-12-20(13-15-22)29-7-3/h8-15H,5-7,16-18H2,1-4H3. The van der Waals surface area contributed by atoms with Gasteiger partial charge in [-0.05, 0) is 68.3 Å². The Bertz CT molecular complexity index is 921. The van der Waals surface area contributed by atoms with Crippen molar-refractivity contribution < 1.29 is 22.7 Å². The fourth-order valence-electron chi connectivity index (χ4n) is 3.06. The number of amides is 1. The van der Waals surface area contributed by atoms with Crippen LogP contribution in [0.25, 0.3) is 0 Å². The third-order valence-corrected chi connectivity index (χ3v) is 6.50. The maximum Gasteiger partial charge on any atom is 0.264 e. The smallest absolute Gasteiger partial charge is 0.264 e. The summed E-state index contributed by atoms with van der Waals surface area (Å²) in [6, 6.07) is 13.0. The minimum atomic E-state index is -3.71. The minimum absolute atomic E-state index is 0.0420. The van der Waals surface area contributed by atoms with Crippen LogP contribution in [0.15, 0.2) is 53.4 Å². The van der Waals surface area contributed by atoms with Gasteiger partial charge in [0.05, 0.1) is 17.2 Å². The van der Waals surface area contributed by atoms with E-state index < -0.39 is 10.0 Å². The normalized spacial score (nSPS) is 11.1. The summed E-state index contributed by atoms with van der Waals surface area (Å²) in [5.41, 5.74) is 0.492. The third-order valence-electron chi connectivity index (χ3n) is 4.70. The third kappa shape index (κ3) is 6.62. The van der Waals surface area contributed by atoms with Crippen molar-refractivity contribution in [1.82, 2.24) is 4.90 Å². The zero-order chi connectivity index (χ0) is 22.9. The van der Waals surface area contributed by atoms with Crippen LogP contribution < -0.4 is 13.8 Å². The number of anilines is 1. The molecule has 0 aliphatic heterocycles. The van der Waals surface area contributed by atoms with Gasteiger partial charge in [0.25, 0.3) is 15.9 Å². The van der Waals surface area contributed by atoms with E-state index in [0.29, 0.717) is 36.9 Å². The summed E-state index contributed by atoms with van der Waals surface area (Å²) in [5.74, 6) is 1.08. The first-order valence-electron chi connectivity index (χ1n) is 10.6. The lowest BCUT2D eigenvalue weighted by molar-refractivity contribution is -0.133. The van der Waals surface area contributed by atoms with Gasteiger partial charge in [0, 0.05) is 20.1 Å². The molecule has 2 aromatic carbocycles. The number of ether oxygens (including phenoxy) is 2. The molecule has 0 N–H and O–H groups in total. The van der Waals surface area contributed by atoms with Crippen LogP contribution >= 0.6 is 0 Å². The lowest BCUT2D eigenvalue weighted by atomic mass is 10.3. The molecule has 0 saturated carbocycles. The topological polar surface area (TPSA) is 76.2 Å². The van der Waals surface area contributed by atoms with E-state index in [1.165, 1.54) is 23.5 Å². The number of hydrogen-bond acceptors (Lipinski definition) is 5. The second-order valence-electron chi connectivity index (χ2n) is 7.04. The molecule has 0 saturated heterocycles. The first-order chi connectivity index (χ1) is 14.8. The van der Waals surface area contributed by atoms with Crippen molar-refractivity contribution >= 4 is 21.6 Å². The number of rotatable bonds is 12. The van der Waals surface area contributed by atoms with Crippen LogP contribution in [0.5, 0.6) is 11.5 Å². The van der Waals surface area contributed by atoms with E-state index in [4.69, 9.17) is 9.47 Å². The quantitative estimate of drug-likeness (QED) is 0.492. The van der Waals surface area contributed by atoms with Gasteiger partial charge in [0.2, 0.25) is 0 Å². The van der Waals surface area contributed by atoms with Gasteiger partial charge in [-0.25, -0.2) is 8.42 Å². The van der Waals surface area contributed by atoms with Crippen molar-refractivity contribution in [2.45, 2.75) is 38.5 Å². The average Bonchev–Trinajstić information content (AvgIpc) is 2.77. The Hall–Kier alpha value is -2.74. The average molecular weight is 449 g/mol. The molecule has 0 spiro atoms. The highest BCUT2D eigenvalue weighted by atomic mass is 32.2. The van der Waals surface area contributed by atoms with Gasteiger partial charge >= 0.3 is 0 Å². The highest BCUT2D eigenvalue weighted by Gasteiger charge is 2.21. The van der Waals surface area contributed by atoms with Crippen molar-refractivity contribution in [1.29, 1.82) is 0 Å². The van der Waals surface area contributed by atoms with Gasteiger partial charge in [0.15, 0.2) is 6.61 Å². The van der Waals surface area contributed by atoms with Crippen LogP contribution in [0.4, 0.5) is 5.69 Å². The van der Waals surface area contributed by atoms with E-state index in [0.717, 1.165) is 12.8 Å². The lowest BCUT2D eigenvalue weighted by Crippen LogP contribution is -2.36. The predicted molar refractivity (Wildman–Crippen MR) is 122 cm³/mol. The first-order valence-corrected chi connectivity index (χ1v) is 12.0. The Balaban J connectivity index is 2.03. The molecule has 7 nitrogen and oxygen atoms in total. The lowest BCUT2D eigenvalue weighted by Gasteiger charge is -2.22. The largest absolute Gasteiger partial charge is 0.494 e.